The third kappa shape index (κ3) is 3.01. The van der Waals surface area contributed by atoms with E-state index in [9.17, 15) is 5.26 Å². The standard InChI is InChI=1S/C19H23N3/c1-14(2)11-15-5-7-16(8-6-15)18-12-17(13-20)19(21-18)22-9-3-4-10-22/h5-8,12,14,21H,3-4,9-11H2,1-2H3. The Labute approximate surface area is 132 Å². The number of nitrogens with zero attached hydrogens (tertiary/aromatic N) is 2. The molecule has 1 saturated heterocycles. The summed E-state index contributed by atoms with van der Waals surface area (Å²) >= 11 is 0. The van der Waals surface area contributed by atoms with Gasteiger partial charge in [0.1, 0.15) is 11.9 Å². The Hall–Kier alpha value is -2.21. The number of benzene rings is 1. The van der Waals surface area contributed by atoms with Crippen molar-refractivity contribution in [2.45, 2.75) is 33.1 Å². The van der Waals surface area contributed by atoms with Gasteiger partial charge in [0.15, 0.2) is 0 Å². The number of nitriles is 1. The van der Waals surface area contributed by atoms with Gasteiger partial charge in [0.2, 0.25) is 0 Å². The highest BCUT2D eigenvalue weighted by Gasteiger charge is 2.18. The largest absolute Gasteiger partial charge is 0.357 e. The van der Waals surface area contributed by atoms with Gasteiger partial charge < -0.3 is 9.88 Å². The Morgan fingerprint density at radius 2 is 1.86 bits per heavy atom. The van der Waals surface area contributed by atoms with Crippen molar-refractivity contribution in [2.75, 3.05) is 18.0 Å². The summed E-state index contributed by atoms with van der Waals surface area (Å²) in [7, 11) is 0. The number of hydrogen-bond acceptors (Lipinski definition) is 2. The smallest absolute Gasteiger partial charge is 0.124 e. The normalized spacial score (nSPS) is 14.5. The van der Waals surface area contributed by atoms with Gasteiger partial charge in [-0.25, -0.2) is 0 Å². The molecule has 0 unspecified atom stereocenters. The van der Waals surface area contributed by atoms with Gasteiger partial charge in [-0.15, -0.1) is 0 Å². The van der Waals surface area contributed by atoms with E-state index < -0.39 is 0 Å². The Kier molecular flexibility index (Phi) is 4.20. The molecule has 1 fully saturated rings. The first-order valence-electron chi connectivity index (χ1n) is 8.14. The van der Waals surface area contributed by atoms with Gasteiger partial charge in [0.25, 0.3) is 0 Å². The molecule has 114 valence electrons. The number of rotatable bonds is 4. The first-order valence-corrected chi connectivity index (χ1v) is 8.14. The molecular formula is C19H23N3. The summed E-state index contributed by atoms with van der Waals surface area (Å²) in [5, 5.41) is 9.39. The third-order valence-corrected chi connectivity index (χ3v) is 4.25. The van der Waals surface area contributed by atoms with Crippen molar-refractivity contribution in [1.82, 2.24) is 4.98 Å². The van der Waals surface area contributed by atoms with Crippen molar-refractivity contribution in [1.29, 1.82) is 5.26 Å². The van der Waals surface area contributed by atoms with Crippen LogP contribution in [0.3, 0.4) is 0 Å². The zero-order valence-corrected chi connectivity index (χ0v) is 13.4. The first kappa shape index (κ1) is 14.7. The van der Waals surface area contributed by atoms with E-state index >= 15 is 0 Å². The molecule has 0 saturated carbocycles. The molecule has 3 rings (SSSR count). The van der Waals surface area contributed by atoms with Crippen molar-refractivity contribution in [2.24, 2.45) is 5.92 Å². The van der Waals surface area contributed by atoms with Crippen LogP contribution in [-0.4, -0.2) is 18.1 Å². The zero-order chi connectivity index (χ0) is 15.5. The van der Waals surface area contributed by atoms with E-state index in [4.69, 9.17) is 0 Å². The predicted octanol–water partition coefficient (Wildman–Crippen LogP) is 4.35. The van der Waals surface area contributed by atoms with Gasteiger partial charge in [-0.3, -0.25) is 0 Å². The molecule has 0 bridgehead atoms. The van der Waals surface area contributed by atoms with Crippen molar-refractivity contribution in [3.05, 3.63) is 41.5 Å². The maximum Gasteiger partial charge on any atom is 0.124 e. The Morgan fingerprint density at radius 1 is 1.18 bits per heavy atom. The molecule has 2 aromatic rings. The minimum Gasteiger partial charge on any atom is -0.357 e. The van der Waals surface area contributed by atoms with Gasteiger partial charge in [-0.2, -0.15) is 5.26 Å². The lowest BCUT2D eigenvalue weighted by Gasteiger charge is -2.15. The van der Waals surface area contributed by atoms with Crippen LogP contribution < -0.4 is 4.90 Å². The summed E-state index contributed by atoms with van der Waals surface area (Å²) in [6, 6.07) is 13.0. The van der Waals surface area contributed by atoms with Crippen molar-refractivity contribution in [3.8, 4) is 17.3 Å². The highest BCUT2D eigenvalue weighted by atomic mass is 15.2. The SMILES string of the molecule is CC(C)Cc1ccc(-c2cc(C#N)c(N3CCCC3)[nH]2)cc1. The molecule has 0 atom stereocenters. The predicted molar refractivity (Wildman–Crippen MR) is 90.9 cm³/mol. The molecule has 3 heteroatoms. The van der Waals surface area contributed by atoms with Crippen LogP contribution >= 0.6 is 0 Å². The van der Waals surface area contributed by atoms with Gasteiger partial charge >= 0.3 is 0 Å². The lowest BCUT2D eigenvalue weighted by atomic mass is 10.0. The number of nitrogens with one attached hydrogen (secondary N) is 1. The lowest BCUT2D eigenvalue weighted by Crippen LogP contribution is -2.18. The van der Waals surface area contributed by atoms with Crippen LogP contribution in [0.15, 0.2) is 30.3 Å². The molecule has 1 aliphatic rings. The minimum atomic E-state index is 0.670. The summed E-state index contributed by atoms with van der Waals surface area (Å²) in [5.74, 6) is 1.66. The highest BCUT2D eigenvalue weighted by Crippen LogP contribution is 2.29. The van der Waals surface area contributed by atoms with Gasteiger partial charge in [0, 0.05) is 18.8 Å². The molecule has 2 heterocycles. The summed E-state index contributed by atoms with van der Waals surface area (Å²) in [5.41, 5.74) is 4.30. The third-order valence-electron chi connectivity index (χ3n) is 4.25. The molecule has 1 aromatic carbocycles. The molecule has 0 aliphatic carbocycles. The molecule has 22 heavy (non-hydrogen) atoms. The van der Waals surface area contributed by atoms with Crippen molar-refractivity contribution >= 4 is 5.82 Å². The Bertz CT molecular complexity index is 668. The zero-order valence-electron chi connectivity index (χ0n) is 13.4. The van der Waals surface area contributed by atoms with Crippen LogP contribution in [0.2, 0.25) is 0 Å². The second-order valence-corrected chi connectivity index (χ2v) is 6.55. The lowest BCUT2D eigenvalue weighted by molar-refractivity contribution is 0.647. The Balaban J connectivity index is 1.87. The van der Waals surface area contributed by atoms with Crippen LogP contribution in [0.25, 0.3) is 11.3 Å². The van der Waals surface area contributed by atoms with Crippen LogP contribution in [-0.2, 0) is 6.42 Å². The van der Waals surface area contributed by atoms with E-state index in [1.165, 1.54) is 18.4 Å². The molecule has 1 aliphatic heterocycles. The first-order chi connectivity index (χ1) is 10.7. The minimum absolute atomic E-state index is 0.670. The molecule has 0 amide bonds. The monoisotopic (exact) mass is 293 g/mol. The van der Waals surface area contributed by atoms with E-state index in [0.29, 0.717) is 5.92 Å². The molecular weight excluding hydrogens is 270 g/mol. The van der Waals surface area contributed by atoms with E-state index in [2.05, 4.69) is 54.1 Å². The number of anilines is 1. The van der Waals surface area contributed by atoms with Crippen LogP contribution in [0, 0.1) is 17.2 Å². The fourth-order valence-corrected chi connectivity index (χ4v) is 3.17. The van der Waals surface area contributed by atoms with Gasteiger partial charge in [-0.1, -0.05) is 38.1 Å². The molecule has 1 aromatic heterocycles. The number of hydrogen-bond donors (Lipinski definition) is 1. The van der Waals surface area contributed by atoms with E-state index in [0.717, 1.165) is 42.1 Å². The molecule has 3 nitrogen and oxygen atoms in total. The van der Waals surface area contributed by atoms with Crippen LogP contribution in [0.5, 0.6) is 0 Å². The van der Waals surface area contributed by atoms with E-state index in [1.807, 2.05) is 6.07 Å². The summed E-state index contributed by atoms with van der Waals surface area (Å²) < 4.78 is 0. The maximum atomic E-state index is 9.39. The van der Waals surface area contributed by atoms with Gasteiger partial charge in [-0.05, 0) is 42.4 Å². The van der Waals surface area contributed by atoms with E-state index in [-0.39, 0.29) is 0 Å². The van der Waals surface area contributed by atoms with E-state index in [1.54, 1.807) is 0 Å². The summed E-state index contributed by atoms with van der Waals surface area (Å²) in [4.78, 5) is 5.74. The summed E-state index contributed by atoms with van der Waals surface area (Å²) in [6.07, 6.45) is 3.53. The second kappa shape index (κ2) is 6.27. The average Bonchev–Trinajstić information content (AvgIpc) is 3.16. The quantitative estimate of drug-likeness (QED) is 0.910. The summed E-state index contributed by atoms with van der Waals surface area (Å²) in [6.45, 7) is 6.56. The number of H-pyrrole nitrogens is 1. The molecule has 0 radical (unpaired) electrons. The number of aromatic amines is 1. The van der Waals surface area contributed by atoms with Crippen LogP contribution in [0.1, 0.15) is 37.8 Å². The fraction of sp³-hybridized carbons (Fsp3) is 0.421. The topological polar surface area (TPSA) is 42.8 Å². The van der Waals surface area contributed by atoms with Crippen molar-refractivity contribution < 1.29 is 0 Å². The maximum absolute atomic E-state index is 9.39. The average molecular weight is 293 g/mol. The second-order valence-electron chi connectivity index (χ2n) is 6.55. The molecule has 0 spiro atoms. The fourth-order valence-electron chi connectivity index (χ4n) is 3.17. The molecule has 1 N–H and O–H groups in total. The number of aromatic nitrogens is 1. The van der Waals surface area contributed by atoms with Gasteiger partial charge in [0.05, 0.1) is 5.56 Å². The Morgan fingerprint density at radius 3 is 2.45 bits per heavy atom. The highest BCUT2D eigenvalue weighted by molar-refractivity contribution is 5.69. The van der Waals surface area contributed by atoms with Crippen LogP contribution in [0.4, 0.5) is 5.82 Å². The van der Waals surface area contributed by atoms with Crippen molar-refractivity contribution in [3.63, 3.8) is 0 Å².